The third kappa shape index (κ3) is 12.3. The van der Waals surface area contributed by atoms with Crippen LogP contribution >= 0.6 is 0 Å². The number of aliphatic hydroxyl groups is 1. The summed E-state index contributed by atoms with van der Waals surface area (Å²) in [5.74, 6) is -0.815. The highest BCUT2D eigenvalue weighted by Crippen LogP contribution is 2.39. The average molecular weight is 905 g/mol. The van der Waals surface area contributed by atoms with Gasteiger partial charge in [0, 0.05) is 24.5 Å². The first-order chi connectivity index (χ1) is 32.3. The zero-order chi connectivity index (χ0) is 45.7. The van der Waals surface area contributed by atoms with Gasteiger partial charge in [0.15, 0.2) is 12.6 Å². The van der Waals surface area contributed by atoms with E-state index in [9.17, 15) is 19.1 Å². The molecule has 3 N–H and O–H groups in total. The Labute approximate surface area is 384 Å². The van der Waals surface area contributed by atoms with Gasteiger partial charge in [-0.2, -0.15) is 0 Å². The van der Waals surface area contributed by atoms with Gasteiger partial charge in [0.2, 0.25) is 5.91 Å². The Morgan fingerprint density at radius 3 is 1.82 bits per heavy atom. The molecular formula is C52H57FN2O11. The van der Waals surface area contributed by atoms with Crippen LogP contribution in [0.25, 0.3) is 0 Å². The number of hydrogen-bond donors (Lipinski definition) is 3. The highest BCUT2D eigenvalue weighted by Gasteiger charge is 2.55. The molecule has 0 spiro atoms. The molecule has 2 amide bonds. The standard InChI is InChI=1S/C52H57FN2O11/c1-34(56)54-45-49(61-31-37-21-11-4-12-22-37)47-43(33-62-51(65-47)39-25-15-6-16-26-39)64-52(45)66-46-42(32-59-29-35-17-7-2-8-18-35)63-41(27-40(57)28-53)44(55-50(58)38-23-13-5-14-24-38)48(46)60-30-36-19-9-3-10-20-36/h2-26,40-49,51-52,57H,27-33H2,1H3,(H,54,56)(H,55,58)/t40?,41-,42+,43+,44-,45+,46+,47+,48+,49+,51+,52-/m0/s1. The normalized spacial score (nSPS) is 27.8. The molecule has 0 aromatic heterocycles. The van der Waals surface area contributed by atoms with Crippen LogP contribution in [-0.4, -0.2) is 104 Å². The molecule has 5 aromatic rings. The minimum absolute atomic E-state index is 0.0468. The number of nitrogens with one attached hydrogen (secondary N) is 2. The van der Waals surface area contributed by atoms with E-state index < -0.39 is 86.1 Å². The zero-order valence-corrected chi connectivity index (χ0v) is 36.7. The number of carbonyl (C=O) groups excluding carboxylic acids is 2. The second-order valence-corrected chi connectivity index (χ2v) is 16.7. The maximum absolute atomic E-state index is 14.2. The summed E-state index contributed by atoms with van der Waals surface area (Å²) in [5, 5.41) is 17.0. The number of carbonyl (C=O) groups is 2. The first-order valence-electron chi connectivity index (χ1n) is 22.4. The van der Waals surface area contributed by atoms with E-state index in [1.165, 1.54) is 6.92 Å². The van der Waals surface area contributed by atoms with Gasteiger partial charge in [-0.05, 0) is 28.8 Å². The van der Waals surface area contributed by atoms with Crippen LogP contribution in [0.3, 0.4) is 0 Å². The monoisotopic (exact) mass is 904 g/mol. The summed E-state index contributed by atoms with van der Waals surface area (Å²) in [5.41, 5.74) is 3.82. The van der Waals surface area contributed by atoms with Crippen molar-refractivity contribution in [3.63, 3.8) is 0 Å². The number of fused-ring (bicyclic) bond motifs is 1. The van der Waals surface area contributed by atoms with E-state index >= 15 is 0 Å². The first kappa shape index (κ1) is 47.1. The highest BCUT2D eigenvalue weighted by molar-refractivity contribution is 5.94. The lowest BCUT2D eigenvalue weighted by atomic mass is 9.88. The second-order valence-electron chi connectivity index (χ2n) is 16.7. The summed E-state index contributed by atoms with van der Waals surface area (Å²) in [6.45, 7) is 0.889. The van der Waals surface area contributed by atoms with Crippen molar-refractivity contribution < 1.29 is 57.0 Å². The van der Waals surface area contributed by atoms with Crippen molar-refractivity contribution in [2.24, 2.45) is 0 Å². The van der Waals surface area contributed by atoms with Gasteiger partial charge in [-0.1, -0.05) is 140 Å². The Morgan fingerprint density at radius 2 is 1.23 bits per heavy atom. The molecule has 14 heteroatoms. The van der Waals surface area contributed by atoms with Crippen LogP contribution in [0.4, 0.5) is 4.39 Å². The van der Waals surface area contributed by atoms with E-state index in [0.29, 0.717) is 5.56 Å². The van der Waals surface area contributed by atoms with Gasteiger partial charge >= 0.3 is 0 Å². The topological polar surface area (TPSA) is 152 Å². The molecule has 3 fully saturated rings. The lowest BCUT2D eigenvalue weighted by Gasteiger charge is -2.52. The van der Waals surface area contributed by atoms with Gasteiger partial charge in [-0.3, -0.25) is 9.59 Å². The van der Waals surface area contributed by atoms with Gasteiger partial charge in [0.05, 0.1) is 51.3 Å². The zero-order valence-electron chi connectivity index (χ0n) is 36.7. The molecular weight excluding hydrogens is 848 g/mol. The number of amides is 2. The molecule has 8 rings (SSSR count). The third-order valence-corrected chi connectivity index (χ3v) is 11.8. The van der Waals surface area contributed by atoms with Gasteiger partial charge in [-0.15, -0.1) is 0 Å². The fourth-order valence-corrected chi connectivity index (χ4v) is 8.65. The van der Waals surface area contributed by atoms with E-state index in [1.54, 1.807) is 30.3 Å². The van der Waals surface area contributed by atoms with E-state index in [2.05, 4.69) is 10.6 Å². The largest absolute Gasteiger partial charge is 0.390 e. The predicted molar refractivity (Wildman–Crippen MR) is 240 cm³/mol. The number of benzene rings is 5. The maximum Gasteiger partial charge on any atom is 0.251 e. The molecule has 1 unspecified atom stereocenters. The summed E-state index contributed by atoms with van der Waals surface area (Å²) in [4.78, 5) is 27.3. The van der Waals surface area contributed by atoms with Gasteiger partial charge in [0.25, 0.3) is 5.91 Å². The fraction of sp³-hybridized carbons (Fsp3) is 0.385. The summed E-state index contributed by atoms with van der Waals surface area (Å²) in [7, 11) is 0. The summed E-state index contributed by atoms with van der Waals surface area (Å²) in [6.07, 6.45) is -9.91. The summed E-state index contributed by atoms with van der Waals surface area (Å²) >= 11 is 0. The lowest BCUT2D eigenvalue weighted by Crippen LogP contribution is -2.70. The number of aliphatic hydroxyl groups excluding tert-OH is 1. The molecule has 3 aliphatic rings. The molecule has 13 nitrogen and oxygen atoms in total. The average Bonchev–Trinajstić information content (AvgIpc) is 3.35. The molecule has 12 atom stereocenters. The minimum atomic E-state index is -1.42. The van der Waals surface area contributed by atoms with Crippen molar-refractivity contribution in [1.29, 1.82) is 0 Å². The molecule has 66 heavy (non-hydrogen) atoms. The van der Waals surface area contributed by atoms with Crippen molar-refractivity contribution in [3.05, 3.63) is 179 Å². The Hall–Kier alpha value is -5.39. The fourth-order valence-electron chi connectivity index (χ4n) is 8.65. The molecule has 3 saturated heterocycles. The van der Waals surface area contributed by atoms with E-state index in [-0.39, 0.29) is 45.4 Å². The predicted octanol–water partition coefficient (Wildman–Crippen LogP) is 6.39. The molecule has 5 aromatic carbocycles. The summed E-state index contributed by atoms with van der Waals surface area (Å²) < 4.78 is 67.9. The molecule has 0 aliphatic carbocycles. The molecule has 0 radical (unpaired) electrons. The molecule has 0 bridgehead atoms. The van der Waals surface area contributed by atoms with Crippen LogP contribution in [0.1, 0.15) is 52.2 Å². The van der Waals surface area contributed by atoms with E-state index in [4.69, 9.17) is 37.9 Å². The number of hydrogen-bond acceptors (Lipinski definition) is 11. The van der Waals surface area contributed by atoms with Crippen LogP contribution in [0, 0.1) is 0 Å². The van der Waals surface area contributed by atoms with Crippen molar-refractivity contribution in [2.45, 2.75) is 107 Å². The third-order valence-electron chi connectivity index (χ3n) is 11.8. The Balaban J connectivity index is 1.17. The SMILES string of the molecule is CC(=O)N[C@H]1[C@H](O[C@H]2[C@H](OCc3ccccc3)[C@@H](NC(=O)c3ccccc3)[C@H](CC(O)CF)O[C@@H]2COCc2ccccc2)O[C@@H]2CO[C@@H](c3ccccc3)O[C@H]2[C@@H]1OCc1ccccc1. The Morgan fingerprint density at radius 1 is 0.667 bits per heavy atom. The molecule has 3 aliphatic heterocycles. The molecule has 3 heterocycles. The number of halogens is 1. The van der Waals surface area contributed by atoms with Crippen LogP contribution in [0.5, 0.6) is 0 Å². The number of ether oxygens (including phenoxy) is 8. The second kappa shape index (κ2) is 23.4. The van der Waals surface area contributed by atoms with Crippen LogP contribution < -0.4 is 10.6 Å². The Kier molecular flexibility index (Phi) is 16.7. The Bertz CT molecular complexity index is 2230. The smallest absolute Gasteiger partial charge is 0.251 e. The number of alkyl halides is 1. The van der Waals surface area contributed by atoms with Crippen molar-refractivity contribution >= 4 is 11.8 Å². The van der Waals surface area contributed by atoms with Gasteiger partial charge < -0.3 is 53.6 Å². The van der Waals surface area contributed by atoms with E-state index in [1.807, 2.05) is 121 Å². The van der Waals surface area contributed by atoms with Crippen molar-refractivity contribution in [1.82, 2.24) is 10.6 Å². The van der Waals surface area contributed by atoms with E-state index in [0.717, 1.165) is 22.3 Å². The summed E-state index contributed by atoms with van der Waals surface area (Å²) in [6, 6.07) is 45.0. The maximum atomic E-state index is 14.2. The van der Waals surface area contributed by atoms with Crippen LogP contribution in [0.2, 0.25) is 0 Å². The minimum Gasteiger partial charge on any atom is -0.390 e. The number of rotatable bonds is 19. The lowest BCUT2D eigenvalue weighted by molar-refractivity contribution is -0.366. The first-order valence-corrected chi connectivity index (χ1v) is 22.4. The van der Waals surface area contributed by atoms with Crippen molar-refractivity contribution in [2.75, 3.05) is 19.9 Å². The quantitative estimate of drug-likeness (QED) is 0.0846. The van der Waals surface area contributed by atoms with Gasteiger partial charge in [-0.25, -0.2) is 4.39 Å². The van der Waals surface area contributed by atoms with Crippen molar-refractivity contribution in [3.8, 4) is 0 Å². The molecule has 348 valence electrons. The van der Waals surface area contributed by atoms with Crippen LogP contribution in [-0.2, 0) is 62.5 Å². The molecule has 0 saturated carbocycles. The van der Waals surface area contributed by atoms with Gasteiger partial charge in [0.1, 0.15) is 49.3 Å². The van der Waals surface area contributed by atoms with Crippen LogP contribution in [0.15, 0.2) is 152 Å². The highest BCUT2D eigenvalue weighted by atomic mass is 19.1.